The van der Waals surface area contributed by atoms with Crippen LogP contribution in [0.5, 0.6) is 5.75 Å². The molecule has 0 fully saturated rings. The zero-order valence-electron chi connectivity index (χ0n) is 19.3. The van der Waals surface area contributed by atoms with Crippen LogP contribution in [0.2, 0.25) is 0 Å². The van der Waals surface area contributed by atoms with Gasteiger partial charge >= 0.3 is 0 Å². The summed E-state index contributed by atoms with van der Waals surface area (Å²) in [5.74, 6) is -0.330. The summed E-state index contributed by atoms with van der Waals surface area (Å²) in [5, 5.41) is 2.63. The SMILES string of the molecule is CCCCNS(=O)(=O)c1cccc(C(=O)Nc2cc(S(=O)(=O)N(CC)CC)ccc2OC)c1. The van der Waals surface area contributed by atoms with Gasteiger partial charge in [-0.05, 0) is 42.8 Å². The number of ether oxygens (including phenoxy) is 1. The van der Waals surface area contributed by atoms with E-state index >= 15 is 0 Å². The molecule has 1 amide bonds. The lowest BCUT2D eigenvalue weighted by molar-refractivity contribution is 0.102. The minimum Gasteiger partial charge on any atom is -0.495 e. The van der Waals surface area contributed by atoms with Crippen molar-refractivity contribution < 1.29 is 26.4 Å². The average Bonchev–Trinajstić information content (AvgIpc) is 2.79. The van der Waals surface area contributed by atoms with E-state index in [1.54, 1.807) is 13.8 Å². The van der Waals surface area contributed by atoms with Gasteiger partial charge in [0.15, 0.2) is 0 Å². The molecule has 0 aliphatic rings. The van der Waals surface area contributed by atoms with Crippen molar-refractivity contribution in [1.82, 2.24) is 9.03 Å². The Kier molecular flexibility index (Phi) is 9.41. The molecule has 0 aromatic heterocycles. The smallest absolute Gasteiger partial charge is 0.255 e. The van der Waals surface area contributed by atoms with Gasteiger partial charge in [-0.2, -0.15) is 4.31 Å². The van der Waals surface area contributed by atoms with E-state index < -0.39 is 26.0 Å². The van der Waals surface area contributed by atoms with Crippen LogP contribution in [0.1, 0.15) is 44.0 Å². The molecule has 0 spiro atoms. The van der Waals surface area contributed by atoms with Crippen LogP contribution in [0.15, 0.2) is 52.3 Å². The third-order valence-electron chi connectivity index (χ3n) is 4.99. The number of anilines is 1. The Morgan fingerprint density at radius 1 is 0.970 bits per heavy atom. The summed E-state index contributed by atoms with van der Waals surface area (Å²) < 4.78 is 59.8. The molecule has 2 N–H and O–H groups in total. The Hall–Kier alpha value is -2.47. The second kappa shape index (κ2) is 11.6. The molecule has 182 valence electrons. The molecule has 0 aliphatic carbocycles. The Morgan fingerprint density at radius 2 is 1.67 bits per heavy atom. The molecule has 0 aliphatic heterocycles. The fourth-order valence-corrected chi connectivity index (χ4v) is 5.73. The summed E-state index contributed by atoms with van der Waals surface area (Å²) in [7, 11) is -6.10. The van der Waals surface area contributed by atoms with Crippen molar-refractivity contribution in [3.05, 3.63) is 48.0 Å². The van der Waals surface area contributed by atoms with Gasteiger partial charge in [0.1, 0.15) is 5.75 Å². The topological polar surface area (TPSA) is 122 Å². The molecule has 2 aromatic rings. The number of amides is 1. The van der Waals surface area contributed by atoms with E-state index in [1.807, 2.05) is 6.92 Å². The number of hydrogen-bond acceptors (Lipinski definition) is 6. The van der Waals surface area contributed by atoms with Crippen LogP contribution in [0.3, 0.4) is 0 Å². The van der Waals surface area contributed by atoms with Gasteiger partial charge < -0.3 is 10.1 Å². The number of methoxy groups -OCH3 is 1. The van der Waals surface area contributed by atoms with Crippen molar-refractivity contribution >= 4 is 31.6 Å². The molecule has 2 rings (SSSR count). The van der Waals surface area contributed by atoms with Crippen LogP contribution in [-0.4, -0.2) is 53.8 Å². The maximum Gasteiger partial charge on any atom is 0.255 e. The largest absolute Gasteiger partial charge is 0.495 e. The highest BCUT2D eigenvalue weighted by molar-refractivity contribution is 7.89. The lowest BCUT2D eigenvalue weighted by Gasteiger charge is -2.19. The highest BCUT2D eigenvalue weighted by Gasteiger charge is 2.24. The third-order valence-corrected chi connectivity index (χ3v) is 8.50. The van der Waals surface area contributed by atoms with Gasteiger partial charge in [0.25, 0.3) is 5.91 Å². The number of hydrogen-bond donors (Lipinski definition) is 2. The van der Waals surface area contributed by atoms with Crippen molar-refractivity contribution in [3.63, 3.8) is 0 Å². The monoisotopic (exact) mass is 497 g/mol. The lowest BCUT2D eigenvalue weighted by atomic mass is 10.2. The summed E-state index contributed by atoms with van der Waals surface area (Å²) in [4.78, 5) is 12.9. The molecule has 9 nitrogen and oxygen atoms in total. The molecule has 0 radical (unpaired) electrons. The molecule has 0 heterocycles. The second-order valence-electron chi connectivity index (χ2n) is 7.18. The average molecular weight is 498 g/mol. The van der Waals surface area contributed by atoms with Crippen LogP contribution >= 0.6 is 0 Å². The molecule has 0 unspecified atom stereocenters. The first-order valence-electron chi connectivity index (χ1n) is 10.7. The van der Waals surface area contributed by atoms with Gasteiger partial charge in [0.2, 0.25) is 20.0 Å². The van der Waals surface area contributed by atoms with E-state index in [0.29, 0.717) is 26.1 Å². The number of nitrogens with one attached hydrogen (secondary N) is 2. The minimum atomic E-state index is -3.76. The van der Waals surface area contributed by atoms with Gasteiger partial charge in [-0.3, -0.25) is 4.79 Å². The normalized spacial score (nSPS) is 12.0. The zero-order valence-corrected chi connectivity index (χ0v) is 20.9. The van der Waals surface area contributed by atoms with Gasteiger partial charge in [-0.25, -0.2) is 21.6 Å². The van der Waals surface area contributed by atoms with Crippen LogP contribution in [-0.2, 0) is 20.0 Å². The van der Waals surface area contributed by atoms with E-state index in [2.05, 4.69) is 10.0 Å². The molecule has 0 atom stereocenters. The van der Waals surface area contributed by atoms with Crippen molar-refractivity contribution in [2.24, 2.45) is 0 Å². The summed E-state index contributed by atoms with van der Waals surface area (Å²) >= 11 is 0. The van der Waals surface area contributed by atoms with Gasteiger partial charge in [-0.15, -0.1) is 0 Å². The molecular formula is C22H31N3O6S2. The number of benzene rings is 2. The summed E-state index contributed by atoms with van der Waals surface area (Å²) in [6, 6.07) is 9.83. The zero-order chi connectivity index (χ0) is 24.6. The first-order chi connectivity index (χ1) is 15.6. The van der Waals surface area contributed by atoms with Crippen molar-refractivity contribution in [3.8, 4) is 5.75 Å². The van der Waals surface area contributed by atoms with E-state index in [0.717, 1.165) is 6.42 Å². The first kappa shape index (κ1) is 26.8. The molecule has 33 heavy (non-hydrogen) atoms. The Labute approximate surface area is 196 Å². The highest BCUT2D eigenvalue weighted by Crippen LogP contribution is 2.29. The number of rotatable bonds is 12. The number of unbranched alkanes of at least 4 members (excludes halogenated alkanes) is 1. The summed E-state index contributed by atoms with van der Waals surface area (Å²) in [6.07, 6.45) is 1.54. The Balaban J connectivity index is 2.35. The number of nitrogens with zero attached hydrogens (tertiary/aromatic N) is 1. The molecule has 0 saturated heterocycles. The van der Waals surface area contributed by atoms with Gasteiger partial charge in [0, 0.05) is 25.2 Å². The van der Waals surface area contributed by atoms with Crippen LogP contribution in [0, 0.1) is 0 Å². The highest BCUT2D eigenvalue weighted by atomic mass is 32.2. The number of sulfonamides is 2. The third kappa shape index (κ3) is 6.53. The maximum absolute atomic E-state index is 12.9. The van der Waals surface area contributed by atoms with Crippen molar-refractivity contribution in [1.29, 1.82) is 0 Å². The fraction of sp³-hybridized carbons (Fsp3) is 0.409. The van der Waals surface area contributed by atoms with Crippen LogP contribution in [0.4, 0.5) is 5.69 Å². The lowest BCUT2D eigenvalue weighted by Crippen LogP contribution is -2.30. The summed E-state index contributed by atoms with van der Waals surface area (Å²) in [5.41, 5.74) is 0.262. The second-order valence-corrected chi connectivity index (χ2v) is 10.9. The van der Waals surface area contributed by atoms with Crippen molar-refractivity contribution in [2.45, 2.75) is 43.4 Å². The summed E-state index contributed by atoms with van der Waals surface area (Å²) in [6.45, 7) is 6.35. The number of carbonyl (C=O) groups excluding carboxylic acids is 1. The first-order valence-corrected chi connectivity index (χ1v) is 13.6. The molecule has 0 bridgehead atoms. The van der Waals surface area contributed by atoms with Crippen LogP contribution in [0.25, 0.3) is 0 Å². The van der Waals surface area contributed by atoms with E-state index in [4.69, 9.17) is 4.74 Å². The number of carbonyl (C=O) groups is 1. The Morgan fingerprint density at radius 3 is 2.27 bits per heavy atom. The van der Waals surface area contributed by atoms with E-state index in [1.165, 1.54) is 53.9 Å². The minimum absolute atomic E-state index is 0.0127. The quantitative estimate of drug-likeness (QED) is 0.435. The molecule has 11 heteroatoms. The fourth-order valence-electron chi connectivity index (χ4n) is 3.12. The van der Waals surface area contributed by atoms with E-state index in [-0.39, 0.29) is 26.8 Å². The molecular weight excluding hydrogens is 466 g/mol. The van der Waals surface area contributed by atoms with Crippen molar-refractivity contribution in [2.75, 3.05) is 32.1 Å². The predicted octanol–water partition coefficient (Wildman–Crippen LogP) is 3.06. The van der Waals surface area contributed by atoms with E-state index in [9.17, 15) is 21.6 Å². The van der Waals surface area contributed by atoms with Gasteiger partial charge in [0.05, 0.1) is 22.6 Å². The standard InChI is InChI=1S/C22H31N3O6S2/c1-5-8-14-23-32(27,28)18-11-9-10-17(15-18)22(26)24-20-16-19(12-13-21(20)31-4)33(29,30)25(6-2)7-3/h9-13,15-16,23H,5-8,14H2,1-4H3,(H,24,26). The van der Waals surface area contributed by atoms with Gasteiger partial charge in [-0.1, -0.05) is 33.3 Å². The van der Waals surface area contributed by atoms with Crippen LogP contribution < -0.4 is 14.8 Å². The Bertz CT molecular complexity index is 1180. The molecule has 0 saturated carbocycles. The predicted molar refractivity (Wildman–Crippen MR) is 128 cm³/mol. The molecule has 2 aromatic carbocycles. The maximum atomic E-state index is 12.9.